The van der Waals surface area contributed by atoms with Crippen molar-refractivity contribution in [1.82, 2.24) is 4.90 Å². The lowest BCUT2D eigenvalue weighted by atomic mass is 10.0. The minimum absolute atomic E-state index is 0.131. The van der Waals surface area contributed by atoms with Crippen molar-refractivity contribution < 1.29 is 4.39 Å². The first-order valence-electron chi connectivity index (χ1n) is 7.53. The van der Waals surface area contributed by atoms with Crippen LogP contribution >= 0.6 is 0 Å². The van der Waals surface area contributed by atoms with Gasteiger partial charge in [-0.3, -0.25) is 4.90 Å². The van der Waals surface area contributed by atoms with Gasteiger partial charge in [-0.05, 0) is 35.6 Å². The Kier molecular flexibility index (Phi) is 4.32. The first kappa shape index (κ1) is 14.2. The van der Waals surface area contributed by atoms with Crippen LogP contribution in [0.1, 0.15) is 22.3 Å². The Labute approximate surface area is 125 Å². The largest absolute Gasteiger partial charge is 0.326 e. The minimum atomic E-state index is -0.131. The van der Waals surface area contributed by atoms with Crippen molar-refractivity contribution in [2.75, 3.05) is 13.1 Å². The van der Waals surface area contributed by atoms with E-state index in [2.05, 4.69) is 29.2 Å². The molecule has 1 aliphatic rings. The molecule has 2 aromatic rings. The number of hydrogen-bond donors (Lipinski definition) is 1. The van der Waals surface area contributed by atoms with Crippen molar-refractivity contribution >= 4 is 0 Å². The van der Waals surface area contributed by atoms with Crippen LogP contribution in [0.25, 0.3) is 0 Å². The summed E-state index contributed by atoms with van der Waals surface area (Å²) in [5.41, 5.74) is 10.2. The predicted octanol–water partition coefficient (Wildman–Crippen LogP) is 2.89. The van der Waals surface area contributed by atoms with Gasteiger partial charge in [-0.25, -0.2) is 4.39 Å². The summed E-state index contributed by atoms with van der Waals surface area (Å²) in [6.07, 6.45) is 2.07. The normalized spacial score (nSPS) is 15.5. The van der Waals surface area contributed by atoms with Crippen LogP contribution in [0.5, 0.6) is 0 Å². The molecule has 110 valence electrons. The molecule has 0 spiro atoms. The maximum atomic E-state index is 14.0. The molecule has 3 heteroatoms. The van der Waals surface area contributed by atoms with Crippen molar-refractivity contribution in [3.05, 3.63) is 70.5 Å². The molecule has 0 saturated heterocycles. The van der Waals surface area contributed by atoms with Crippen LogP contribution in [0.3, 0.4) is 0 Å². The Balaban J connectivity index is 1.72. The molecule has 0 amide bonds. The van der Waals surface area contributed by atoms with Gasteiger partial charge in [0.05, 0.1) is 0 Å². The van der Waals surface area contributed by atoms with Gasteiger partial charge in [0, 0.05) is 31.7 Å². The third kappa shape index (κ3) is 3.31. The highest BCUT2D eigenvalue weighted by Gasteiger charge is 2.15. The van der Waals surface area contributed by atoms with E-state index in [9.17, 15) is 4.39 Å². The van der Waals surface area contributed by atoms with E-state index in [1.165, 1.54) is 17.2 Å². The second-order valence-corrected chi connectivity index (χ2v) is 5.67. The molecule has 2 N–H and O–H groups in total. The summed E-state index contributed by atoms with van der Waals surface area (Å²) in [6.45, 7) is 3.07. The van der Waals surface area contributed by atoms with Crippen LogP contribution in [-0.2, 0) is 25.9 Å². The monoisotopic (exact) mass is 284 g/mol. The highest BCUT2D eigenvalue weighted by Crippen LogP contribution is 2.18. The smallest absolute Gasteiger partial charge is 0.127 e. The van der Waals surface area contributed by atoms with E-state index in [1.807, 2.05) is 6.07 Å². The van der Waals surface area contributed by atoms with Crippen LogP contribution in [0, 0.1) is 5.82 Å². The Morgan fingerprint density at radius 3 is 2.29 bits per heavy atom. The van der Waals surface area contributed by atoms with Crippen LogP contribution in [0.4, 0.5) is 4.39 Å². The highest BCUT2D eigenvalue weighted by molar-refractivity contribution is 5.29. The molecule has 1 aliphatic heterocycles. The summed E-state index contributed by atoms with van der Waals surface area (Å²) in [4.78, 5) is 2.33. The van der Waals surface area contributed by atoms with Crippen molar-refractivity contribution in [3.63, 3.8) is 0 Å². The minimum Gasteiger partial charge on any atom is -0.326 e. The molecule has 21 heavy (non-hydrogen) atoms. The van der Waals surface area contributed by atoms with Gasteiger partial charge < -0.3 is 5.73 Å². The van der Waals surface area contributed by atoms with Gasteiger partial charge >= 0.3 is 0 Å². The standard InChI is InChI=1S/C18H21FN2/c19-18-6-5-14(12-20)11-17(18)13-21-9-7-15-3-1-2-4-16(15)8-10-21/h1-6,11H,7-10,12-13,20H2. The number of nitrogens with two attached hydrogens (primary N) is 1. The van der Waals surface area contributed by atoms with Crippen molar-refractivity contribution in [3.8, 4) is 0 Å². The second-order valence-electron chi connectivity index (χ2n) is 5.67. The molecule has 2 nitrogen and oxygen atoms in total. The third-order valence-corrected chi connectivity index (χ3v) is 4.25. The van der Waals surface area contributed by atoms with Crippen LogP contribution in [0.15, 0.2) is 42.5 Å². The van der Waals surface area contributed by atoms with Gasteiger partial charge in [-0.15, -0.1) is 0 Å². The molecule has 0 bridgehead atoms. The SMILES string of the molecule is NCc1ccc(F)c(CN2CCc3ccccc3CC2)c1. The Morgan fingerprint density at radius 1 is 1.00 bits per heavy atom. The van der Waals surface area contributed by atoms with Crippen LogP contribution in [-0.4, -0.2) is 18.0 Å². The Morgan fingerprint density at radius 2 is 1.67 bits per heavy atom. The lowest BCUT2D eigenvalue weighted by Crippen LogP contribution is -2.26. The lowest BCUT2D eigenvalue weighted by Gasteiger charge is -2.20. The van der Waals surface area contributed by atoms with Gasteiger partial charge in [0.1, 0.15) is 5.82 Å². The van der Waals surface area contributed by atoms with Crippen LogP contribution < -0.4 is 5.73 Å². The first-order valence-corrected chi connectivity index (χ1v) is 7.53. The molecule has 0 aromatic heterocycles. The lowest BCUT2D eigenvalue weighted by molar-refractivity contribution is 0.275. The quantitative estimate of drug-likeness (QED) is 0.939. The molecule has 0 aliphatic carbocycles. The zero-order chi connectivity index (χ0) is 14.7. The molecule has 3 rings (SSSR count). The molecule has 0 unspecified atom stereocenters. The van der Waals surface area contributed by atoms with E-state index >= 15 is 0 Å². The third-order valence-electron chi connectivity index (χ3n) is 4.25. The second kappa shape index (κ2) is 6.37. The number of hydrogen-bond acceptors (Lipinski definition) is 2. The summed E-state index contributed by atoms with van der Waals surface area (Å²) in [5.74, 6) is -0.131. The molecule has 1 heterocycles. The van der Waals surface area contributed by atoms with Gasteiger partial charge in [-0.1, -0.05) is 36.4 Å². The van der Waals surface area contributed by atoms with Gasteiger partial charge in [-0.2, -0.15) is 0 Å². The first-order chi connectivity index (χ1) is 10.3. The average Bonchev–Trinajstić information content (AvgIpc) is 2.72. The summed E-state index contributed by atoms with van der Waals surface area (Å²) in [5, 5.41) is 0. The van der Waals surface area contributed by atoms with E-state index in [0.29, 0.717) is 13.1 Å². The number of rotatable bonds is 3. The Hall–Kier alpha value is -1.71. The molecule has 2 aromatic carbocycles. The van der Waals surface area contributed by atoms with E-state index in [4.69, 9.17) is 5.73 Å². The van der Waals surface area contributed by atoms with E-state index in [1.54, 1.807) is 6.07 Å². The summed E-state index contributed by atoms with van der Waals surface area (Å²) >= 11 is 0. The number of fused-ring (bicyclic) bond motifs is 1. The molecular weight excluding hydrogens is 263 g/mol. The van der Waals surface area contributed by atoms with E-state index in [0.717, 1.165) is 37.1 Å². The molecule has 0 saturated carbocycles. The molecule has 0 radical (unpaired) electrons. The van der Waals surface area contributed by atoms with Gasteiger partial charge in [0.25, 0.3) is 0 Å². The summed E-state index contributed by atoms with van der Waals surface area (Å²) in [6, 6.07) is 13.8. The molecule has 0 fully saturated rings. The number of nitrogens with zero attached hydrogens (tertiary/aromatic N) is 1. The van der Waals surface area contributed by atoms with Gasteiger partial charge in [0.15, 0.2) is 0 Å². The molecular formula is C18H21FN2. The number of benzene rings is 2. The fourth-order valence-electron chi connectivity index (χ4n) is 2.99. The van der Waals surface area contributed by atoms with Crippen molar-refractivity contribution in [2.45, 2.75) is 25.9 Å². The van der Waals surface area contributed by atoms with Crippen molar-refractivity contribution in [2.24, 2.45) is 5.73 Å². The van der Waals surface area contributed by atoms with E-state index in [-0.39, 0.29) is 5.82 Å². The maximum Gasteiger partial charge on any atom is 0.127 e. The predicted molar refractivity (Wildman–Crippen MR) is 83.4 cm³/mol. The van der Waals surface area contributed by atoms with E-state index < -0.39 is 0 Å². The average molecular weight is 284 g/mol. The van der Waals surface area contributed by atoms with Gasteiger partial charge in [0.2, 0.25) is 0 Å². The Bertz CT molecular complexity index is 597. The fraction of sp³-hybridized carbons (Fsp3) is 0.333. The topological polar surface area (TPSA) is 29.3 Å². The highest BCUT2D eigenvalue weighted by atomic mass is 19.1. The maximum absolute atomic E-state index is 14.0. The zero-order valence-corrected chi connectivity index (χ0v) is 12.2. The zero-order valence-electron chi connectivity index (χ0n) is 12.2. The fourth-order valence-corrected chi connectivity index (χ4v) is 2.99. The summed E-state index contributed by atoms with van der Waals surface area (Å²) < 4.78 is 14.0. The van der Waals surface area contributed by atoms with Crippen LogP contribution in [0.2, 0.25) is 0 Å². The molecule has 0 atom stereocenters. The number of halogens is 1. The van der Waals surface area contributed by atoms with Crippen molar-refractivity contribution in [1.29, 1.82) is 0 Å². The summed E-state index contributed by atoms with van der Waals surface area (Å²) in [7, 11) is 0.